The summed E-state index contributed by atoms with van der Waals surface area (Å²) in [5, 5.41) is 5.95. The van der Waals surface area contributed by atoms with Crippen molar-refractivity contribution in [2.24, 2.45) is 11.8 Å². The minimum absolute atomic E-state index is 0.0761. The van der Waals surface area contributed by atoms with Crippen LogP contribution in [-0.2, 0) is 14.3 Å². The third-order valence-electron chi connectivity index (χ3n) is 4.12. The Morgan fingerprint density at radius 3 is 1.86 bits per heavy atom. The topological polar surface area (TPSA) is 67.4 Å². The molecule has 0 atom stereocenters. The summed E-state index contributed by atoms with van der Waals surface area (Å²) in [5.41, 5.74) is 0. The standard InChI is InChI=1S/C16H30N2O3/c1-3-4-10-17-15(19)13-6-8-14(9-7-13)16(20)18-11-5-12-21-2/h13-14H,3-12H2,1-2H3,(H,17,19)(H,18,20). The van der Waals surface area contributed by atoms with Gasteiger partial charge in [-0.25, -0.2) is 0 Å². The van der Waals surface area contributed by atoms with E-state index < -0.39 is 0 Å². The van der Waals surface area contributed by atoms with Crippen LogP contribution in [0.1, 0.15) is 51.9 Å². The lowest BCUT2D eigenvalue weighted by Crippen LogP contribution is -2.38. The van der Waals surface area contributed by atoms with Crippen molar-refractivity contribution in [2.75, 3.05) is 26.8 Å². The molecular weight excluding hydrogens is 268 g/mol. The predicted octanol–water partition coefficient (Wildman–Crippen LogP) is 1.86. The molecule has 0 unspecified atom stereocenters. The fourth-order valence-corrected chi connectivity index (χ4v) is 2.72. The molecule has 2 N–H and O–H groups in total. The van der Waals surface area contributed by atoms with Gasteiger partial charge >= 0.3 is 0 Å². The normalized spacial score (nSPS) is 21.8. The Hall–Kier alpha value is -1.10. The van der Waals surface area contributed by atoms with Gasteiger partial charge in [-0.3, -0.25) is 9.59 Å². The molecule has 5 nitrogen and oxygen atoms in total. The molecule has 2 amide bonds. The summed E-state index contributed by atoms with van der Waals surface area (Å²) < 4.78 is 4.95. The maximum absolute atomic E-state index is 12.0. The first kappa shape index (κ1) is 18.0. The number of methoxy groups -OCH3 is 1. The van der Waals surface area contributed by atoms with E-state index >= 15 is 0 Å². The molecule has 0 bridgehead atoms. The van der Waals surface area contributed by atoms with Gasteiger partial charge in [-0.05, 0) is 38.5 Å². The van der Waals surface area contributed by atoms with Gasteiger partial charge in [-0.15, -0.1) is 0 Å². The molecule has 0 heterocycles. The van der Waals surface area contributed by atoms with Crippen LogP contribution in [-0.4, -0.2) is 38.6 Å². The van der Waals surface area contributed by atoms with Crippen molar-refractivity contribution >= 4 is 11.8 Å². The van der Waals surface area contributed by atoms with E-state index in [1.165, 1.54) is 0 Å². The highest BCUT2D eigenvalue weighted by molar-refractivity contribution is 5.81. The Labute approximate surface area is 128 Å². The van der Waals surface area contributed by atoms with Crippen LogP contribution in [0.2, 0.25) is 0 Å². The lowest BCUT2D eigenvalue weighted by molar-refractivity contribution is -0.130. The van der Waals surface area contributed by atoms with Crippen LogP contribution in [0.5, 0.6) is 0 Å². The summed E-state index contributed by atoms with van der Waals surface area (Å²) in [6, 6.07) is 0. The second-order valence-electron chi connectivity index (χ2n) is 5.83. The highest BCUT2D eigenvalue weighted by atomic mass is 16.5. The van der Waals surface area contributed by atoms with Crippen molar-refractivity contribution in [1.29, 1.82) is 0 Å². The van der Waals surface area contributed by atoms with Crippen molar-refractivity contribution < 1.29 is 14.3 Å². The number of ether oxygens (including phenoxy) is 1. The van der Waals surface area contributed by atoms with Gasteiger partial charge in [-0.1, -0.05) is 13.3 Å². The van der Waals surface area contributed by atoms with Crippen LogP contribution < -0.4 is 10.6 Å². The van der Waals surface area contributed by atoms with Crippen LogP contribution in [0.25, 0.3) is 0 Å². The minimum Gasteiger partial charge on any atom is -0.385 e. The minimum atomic E-state index is 0.0761. The van der Waals surface area contributed by atoms with Crippen LogP contribution in [0.3, 0.4) is 0 Å². The Kier molecular flexibility index (Phi) is 9.06. The smallest absolute Gasteiger partial charge is 0.223 e. The molecule has 0 spiro atoms. The van der Waals surface area contributed by atoms with Crippen LogP contribution in [0.4, 0.5) is 0 Å². The Bertz CT molecular complexity index is 313. The van der Waals surface area contributed by atoms with Crippen molar-refractivity contribution in [3.63, 3.8) is 0 Å². The number of nitrogens with one attached hydrogen (secondary N) is 2. The summed E-state index contributed by atoms with van der Waals surface area (Å²) in [4.78, 5) is 24.0. The second kappa shape index (κ2) is 10.6. The van der Waals surface area contributed by atoms with Crippen LogP contribution in [0.15, 0.2) is 0 Å². The first-order valence-corrected chi connectivity index (χ1v) is 8.23. The van der Waals surface area contributed by atoms with Gasteiger partial charge < -0.3 is 15.4 Å². The van der Waals surface area contributed by atoms with E-state index in [0.29, 0.717) is 13.2 Å². The summed E-state index contributed by atoms with van der Waals surface area (Å²) in [6.45, 7) is 4.23. The Morgan fingerprint density at radius 1 is 0.952 bits per heavy atom. The lowest BCUT2D eigenvalue weighted by Gasteiger charge is -2.27. The van der Waals surface area contributed by atoms with Crippen molar-refractivity contribution in [1.82, 2.24) is 10.6 Å². The van der Waals surface area contributed by atoms with Gasteiger partial charge in [0.25, 0.3) is 0 Å². The van der Waals surface area contributed by atoms with E-state index in [4.69, 9.17) is 4.74 Å². The molecule has 21 heavy (non-hydrogen) atoms. The van der Waals surface area contributed by atoms with Gasteiger partial charge in [0.1, 0.15) is 0 Å². The Morgan fingerprint density at radius 2 is 1.43 bits per heavy atom. The fourth-order valence-electron chi connectivity index (χ4n) is 2.72. The monoisotopic (exact) mass is 298 g/mol. The molecule has 0 saturated heterocycles. The molecule has 1 fully saturated rings. The van der Waals surface area contributed by atoms with E-state index in [0.717, 1.165) is 51.5 Å². The van der Waals surface area contributed by atoms with E-state index in [-0.39, 0.29) is 23.7 Å². The van der Waals surface area contributed by atoms with Gasteiger partial charge in [0.2, 0.25) is 11.8 Å². The van der Waals surface area contributed by atoms with Gasteiger partial charge in [0.15, 0.2) is 0 Å². The summed E-state index contributed by atoms with van der Waals surface area (Å²) >= 11 is 0. The Balaban J connectivity index is 2.18. The lowest BCUT2D eigenvalue weighted by atomic mass is 9.81. The molecule has 0 aliphatic heterocycles. The number of carbonyl (C=O) groups excluding carboxylic acids is 2. The zero-order chi connectivity index (χ0) is 15.5. The molecule has 1 saturated carbocycles. The highest BCUT2D eigenvalue weighted by Crippen LogP contribution is 2.29. The molecular formula is C16H30N2O3. The zero-order valence-electron chi connectivity index (χ0n) is 13.5. The number of rotatable bonds is 9. The van der Waals surface area contributed by atoms with Gasteiger partial charge in [-0.2, -0.15) is 0 Å². The average molecular weight is 298 g/mol. The first-order chi connectivity index (χ1) is 10.2. The number of unbranched alkanes of at least 4 members (excludes halogenated alkanes) is 1. The highest BCUT2D eigenvalue weighted by Gasteiger charge is 2.29. The maximum atomic E-state index is 12.0. The molecule has 0 aromatic carbocycles. The molecule has 0 aromatic rings. The average Bonchev–Trinajstić information content (AvgIpc) is 2.51. The molecule has 0 radical (unpaired) electrons. The number of hydrogen-bond acceptors (Lipinski definition) is 3. The summed E-state index contributed by atoms with van der Waals surface area (Å²) in [5.74, 6) is 0.477. The van der Waals surface area contributed by atoms with E-state index in [2.05, 4.69) is 17.6 Å². The van der Waals surface area contributed by atoms with Crippen LogP contribution >= 0.6 is 0 Å². The van der Waals surface area contributed by atoms with Crippen LogP contribution in [0, 0.1) is 11.8 Å². The molecule has 1 rings (SSSR count). The van der Waals surface area contributed by atoms with E-state index in [1.807, 2.05) is 0 Å². The third kappa shape index (κ3) is 6.93. The summed E-state index contributed by atoms with van der Waals surface area (Å²) in [7, 11) is 1.66. The molecule has 122 valence electrons. The number of carbonyl (C=O) groups is 2. The van der Waals surface area contributed by atoms with Crippen molar-refractivity contribution in [3.05, 3.63) is 0 Å². The molecule has 1 aliphatic rings. The SMILES string of the molecule is CCCCNC(=O)C1CCC(C(=O)NCCCOC)CC1. The third-order valence-corrected chi connectivity index (χ3v) is 4.12. The van der Waals surface area contributed by atoms with E-state index in [1.54, 1.807) is 7.11 Å². The number of hydrogen-bond donors (Lipinski definition) is 2. The summed E-state index contributed by atoms with van der Waals surface area (Å²) in [6.07, 6.45) is 6.27. The molecule has 5 heteroatoms. The number of amides is 2. The first-order valence-electron chi connectivity index (χ1n) is 8.23. The fraction of sp³-hybridized carbons (Fsp3) is 0.875. The van der Waals surface area contributed by atoms with Gasteiger partial charge in [0.05, 0.1) is 0 Å². The van der Waals surface area contributed by atoms with Gasteiger partial charge in [0, 0.05) is 38.6 Å². The zero-order valence-corrected chi connectivity index (χ0v) is 13.5. The van der Waals surface area contributed by atoms with Crippen molar-refractivity contribution in [3.8, 4) is 0 Å². The molecule has 1 aliphatic carbocycles. The largest absolute Gasteiger partial charge is 0.385 e. The predicted molar refractivity (Wildman–Crippen MR) is 82.9 cm³/mol. The van der Waals surface area contributed by atoms with E-state index in [9.17, 15) is 9.59 Å². The second-order valence-corrected chi connectivity index (χ2v) is 5.83. The molecule has 0 aromatic heterocycles. The van der Waals surface area contributed by atoms with Crippen molar-refractivity contribution in [2.45, 2.75) is 51.9 Å². The maximum Gasteiger partial charge on any atom is 0.223 e. The quantitative estimate of drug-likeness (QED) is 0.639.